The summed E-state index contributed by atoms with van der Waals surface area (Å²) in [5, 5.41) is 4.10. The number of carbonyl (C=O) groups is 1. The molecule has 2 aromatic rings. The molecule has 1 saturated heterocycles. The first-order valence-electron chi connectivity index (χ1n) is 8.07. The van der Waals surface area contributed by atoms with Crippen LogP contribution in [-0.4, -0.2) is 58.9 Å². The highest BCUT2D eigenvalue weighted by Crippen LogP contribution is 2.26. The second kappa shape index (κ2) is 6.90. The lowest BCUT2D eigenvalue weighted by Crippen LogP contribution is -2.32. The van der Waals surface area contributed by atoms with Gasteiger partial charge in [0.25, 0.3) is 0 Å². The van der Waals surface area contributed by atoms with E-state index in [0.717, 1.165) is 30.1 Å². The van der Waals surface area contributed by atoms with Crippen LogP contribution in [0.2, 0.25) is 0 Å². The fourth-order valence-electron chi connectivity index (χ4n) is 2.89. The number of pyridine rings is 1. The van der Waals surface area contributed by atoms with Gasteiger partial charge in [-0.25, -0.2) is 4.98 Å². The Kier molecular flexibility index (Phi) is 4.69. The summed E-state index contributed by atoms with van der Waals surface area (Å²) < 4.78 is 7.80. The van der Waals surface area contributed by atoms with Crippen molar-refractivity contribution in [2.24, 2.45) is 7.05 Å². The number of hydrogen-bond acceptors (Lipinski definition) is 5. The Morgan fingerprint density at radius 2 is 2.29 bits per heavy atom. The van der Waals surface area contributed by atoms with E-state index in [0.29, 0.717) is 13.0 Å². The fraction of sp³-hybridized carbons (Fsp3) is 0.471. The number of likely N-dealkylation sites (tertiary alicyclic amines) is 1. The van der Waals surface area contributed by atoms with Gasteiger partial charge in [-0.1, -0.05) is 0 Å². The minimum atomic E-state index is 0.00532. The molecule has 0 aromatic carbocycles. The highest BCUT2D eigenvalue weighted by atomic mass is 16.5. The molecule has 1 aliphatic rings. The van der Waals surface area contributed by atoms with E-state index in [9.17, 15) is 4.79 Å². The van der Waals surface area contributed by atoms with Crippen molar-refractivity contribution >= 4 is 11.7 Å². The van der Waals surface area contributed by atoms with Crippen molar-refractivity contribution in [3.05, 3.63) is 36.3 Å². The van der Waals surface area contributed by atoms with Gasteiger partial charge in [0.05, 0.1) is 19.2 Å². The number of aryl methyl sites for hydroxylation is 1. The van der Waals surface area contributed by atoms with Gasteiger partial charge in [0.1, 0.15) is 6.10 Å². The Morgan fingerprint density at radius 1 is 1.46 bits per heavy atom. The number of nitrogens with zero attached hydrogens (tertiary/aromatic N) is 5. The van der Waals surface area contributed by atoms with E-state index in [-0.39, 0.29) is 12.0 Å². The number of ether oxygens (including phenoxy) is 1. The number of carbonyl (C=O) groups excluding carboxylic acids is 1. The predicted molar refractivity (Wildman–Crippen MR) is 91.1 cm³/mol. The van der Waals surface area contributed by atoms with Gasteiger partial charge < -0.3 is 14.5 Å². The molecule has 1 atom stereocenters. The summed E-state index contributed by atoms with van der Waals surface area (Å²) in [6, 6.07) is 3.78. The van der Waals surface area contributed by atoms with Crippen LogP contribution in [0.5, 0.6) is 5.75 Å². The maximum absolute atomic E-state index is 12.4. The zero-order chi connectivity index (χ0) is 17.1. The van der Waals surface area contributed by atoms with E-state index in [1.54, 1.807) is 17.1 Å². The molecule has 0 N–H and O–H groups in total. The topological polar surface area (TPSA) is 63.5 Å². The Hall–Kier alpha value is -2.57. The summed E-state index contributed by atoms with van der Waals surface area (Å²) in [4.78, 5) is 20.5. The summed E-state index contributed by atoms with van der Waals surface area (Å²) in [6.07, 6.45) is 6.59. The van der Waals surface area contributed by atoms with Gasteiger partial charge >= 0.3 is 0 Å². The fourth-order valence-corrected chi connectivity index (χ4v) is 2.89. The van der Waals surface area contributed by atoms with Crippen molar-refractivity contribution < 1.29 is 9.53 Å². The standard InChI is InChI=1S/C17H23N5O2/c1-20(2)17-15(5-4-7-18-17)24-14-6-8-22(12-14)16(23)9-13-10-19-21(3)11-13/h4-5,7,10-11,14H,6,8-9,12H2,1-3H3/t14-/m0/s1. The lowest BCUT2D eigenvalue weighted by atomic mass is 10.2. The molecule has 0 spiro atoms. The number of hydrogen-bond donors (Lipinski definition) is 0. The zero-order valence-electron chi connectivity index (χ0n) is 14.3. The Labute approximate surface area is 141 Å². The lowest BCUT2D eigenvalue weighted by Gasteiger charge is -2.20. The first-order valence-corrected chi connectivity index (χ1v) is 8.07. The van der Waals surface area contributed by atoms with Gasteiger partial charge in [-0.2, -0.15) is 5.10 Å². The summed E-state index contributed by atoms with van der Waals surface area (Å²) in [6.45, 7) is 1.34. The van der Waals surface area contributed by atoms with E-state index in [2.05, 4.69) is 10.1 Å². The van der Waals surface area contributed by atoms with Crippen LogP contribution in [0.15, 0.2) is 30.7 Å². The average Bonchev–Trinajstić information content (AvgIpc) is 3.17. The summed E-state index contributed by atoms with van der Waals surface area (Å²) in [5.74, 6) is 1.68. The quantitative estimate of drug-likeness (QED) is 0.822. The molecule has 1 amide bonds. The molecular weight excluding hydrogens is 306 g/mol. The second-order valence-corrected chi connectivity index (χ2v) is 6.29. The smallest absolute Gasteiger partial charge is 0.227 e. The molecule has 128 valence electrons. The highest BCUT2D eigenvalue weighted by Gasteiger charge is 2.28. The van der Waals surface area contributed by atoms with E-state index >= 15 is 0 Å². The maximum atomic E-state index is 12.4. The third kappa shape index (κ3) is 3.67. The van der Waals surface area contributed by atoms with E-state index < -0.39 is 0 Å². The van der Waals surface area contributed by atoms with Crippen molar-refractivity contribution in [1.82, 2.24) is 19.7 Å². The van der Waals surface area contributed by atoms with Crippen LogP contribution in [0.25, 0.3) is 0 Å². The van der Waals surface area contributed by atoms with Crippen molar-refractivity contribution in [3.8, 4) is 5.75 Å². The molecule has 0 aliphatic carbocycles. The summed E-state index contributed by atoms with van der Waals surface area (Å²) in [7, 11) is 5.73. The van der Waals surface area contributed by atoms with Crippen molar-refractivity contribution in [2.45, 2.75) is 18.9 Å². The van der Waals surface area contributed by atoms with E-state index in [1.165, 1.54) is 0 Å². The van der Waals surface area contributed by atoms with Gasteiger partial charge in [0, 0.05) is 46.5 Å². The van der Waals surface area contributed by atoms with Crippen LogP contribution in [0.4, 0.5) is 5.82 Å². The number of anilines is 1. The monoisotopic (exact) mass is 329 g/mol. The molecule has 3 rings (SSSR count). The van der Waals surface area contributed by atoms with E-state index in [1.807, 2.05) is 49.3 Å². The SMILES string of the molecule is CN(C)c1ncccc1O[C@H]1CCN(C(=O)Cc2cnn(C)c2)C1. The number of amides is 1. The predicted octanol–water partition coefficient (Wildman–Crippen LogP) is 1.10. The zero-order valence-corrected chi connectivity index (χ0v) is 14.3. The van der Waals surface area contributed by atoms with Crippen LogP contribution in [-0.2, 0) is 18.3 Å². The molecule has 0 bridgehead atoms. The largest absolute Gasteiger partial charge is 0.485 e. The van der Waals surface area contributed by atoms with E-state index in [4.69, 9.17) is 4.74 Å². The Morgan fingerprint density at radius 3 is 3.00 bits per heavy atom. The summed E-state index contributed by atoms with van der Waals surface area (Å²) in [5.41, 5.74) is 0.939. The Bertz CT molecular complexity index is 713. The maximum Gasteiger partial charge on any atom is 0.227 e. The first kappa shape index (κ1) is 16.3. The van der Waals surface area contributed by atoms with Crippen LogP contribution in [0.3, 0.4) is 0 Å². The molecule has 3 heterocycles. The second-order valence-electron chi connectivity index (χ2n) is 6.29. The highest BCUT2D eigenvalue weighted by molar-refractivity contribution is 5.79. The van der Waals surface area contributed by atoms with Gasteiger partial charge in [-0.15, -0.1) is 0 Å². The molecule has 7 nitrogen and oxygen atoms in total. The van der Waals surface area contributed by atoms with Gasteiger partial charge in [-0.3, -0.25) is 9.48 Å². The Balaban J connectivity index is 1.58. The minimum Gasteiger partial charge on any atom is -0.485 e. The first-order chi connectivity index (χ1) is 11.5. The summed E-state index contributed by atoms with van der Waals surface area (Å²) >= 11 is 0. The lowest BCUT2D eigenvalue weighted by molar-refractivity contribution is -0.129. The molecule has 2 aromatic heterocycles. The van der Waals surface area contributed by atoms with Gasteiger partial charge in [0.15, 0.2) is 11.6 Å². The molecule has 1 fully saturated rings. The third-order valence-electron chi connectivity index (χ3n) is 4.08. The molecule has 7 heteroatoms. The molecule has 0 radical (unpaired) electrons. The molecule has 0 saturated carbocycles. The van der Waals surface area contributed by atoms with Crippen molar-refractivity contribution in [2.75, 3.05) is 32.1 Å². The molecule has 1 aliphatic heterocycles. The van der Waals surface area contributed by atoms with Crippen LogP contribution in [0, 0.1) is 0 Å². The minimum absolute atomic E-state index is 0.00532. The average molecular weight is 329 g/mol. The third-order valence-corrected chi connectivity index (χ3v) is 4.08. The molecular formula is C17H23N5O2. The van der Waals surface area contributed by atoms with Gasteiger partial charge in [-0.05, 0) is 17.7 Å². The van der Waals surface area contributed by atoms with Crippen molar-refractivity contribution in [3.63, 3.8) is 0 Å². The van der Waals surface area contributed by atoms with Crippen molar-refractivity contribution in [1.29, 1.82) is 0 Å². The molecule has 24 heavy (non-hydrogen) atoms. The normalized spacial score (nSPS) is 17.1. The number of aromatic nitrogens is 3. The van der Waals surface area contributed by atoms with Crippen LogP contribution >= 0.6 is 0 Å². The van der Waals surface area contributed by atoms with Gasteiger partial charge in [0.2, 0.25) is 5.91 Å². The van der Waals surface area contributed by atoms with Crippen LogP contribution in [0.1, 0.15) is 12.0 Å². The van der Waals surface area contributed by atoms with Crippen LogP contribution < -0.4 is 9.64 Å². The molecule has 0 unspecified atom stereocenters. The number of rotatable bonds is 5.